The van der Waals surface area contributed by atoms with Crippen molar-refractivity contribution < 1.29 is 0 Å². The van der Waals surface area contributed by atoms with Crippen LogP contribution in [-0.2, 0) is 6.54 Å². The van der Waals surface area contributed by atoms with Crippen LogP contribution in [0.1, 0.15) is 56.7 Å². The Morgan fingerprint density at radius 3 is 2.39 bits per heavy atom. The average Bonchev–Trinajstić information content (AvgIpc) is 3.38. The van der Waals surface area contributed by atoms with E-state index in [1.807, 2.05) is 10.6 Å². The first-order chi connectivity index (χ1) is 11.1. The Kier molecular flexibility index (Phi) is 4.67. The molecule has 1 saturated carbocycles. The van der Waals surface area contributed by atoms with Gasteiger partial charge in [0.25, 0.3) is 5.56 Å². The molecule has 1 aliphatic rings. The van der Waals surface area contributed by atoms with Gasteiger partial charge in [-0.25, -0.2) is 0 Å². The van der Waals surface area contributed by atoms with Crippen LogP contribution in [0.3, 0.4) is 0 Å². The van der Waals surface area contributed by atoms with Gasteiger partial charge in [0, 0.05) is 18.2 Å². The fourth-order valence-corrected chi connectivity index (χ4v) is 2.96. The maximum atomic E-state index is 12.8. The van der Waals surface area contributed by atoms with Gasteiger partial charge in [-0.15, -0.1) is 0 Å². The van der Waals surface area contributed by atoms with E-state index in [-0.39, 0.29) is 5.56 Å². The van der Waals surface area contributed by atoms with Crippen LogP contribution in [0.15, 0.2) is 41.2 Å². The second-order valence-electron chi connectivity index (χ2n) is 6.71. The Morgan fingerprint density at radius 2 is 1.83 bits per heavy atom. The predicted octanol–water partition coefficient (Wildman–Crippen LogP) is 4.08. The lowest BCUT2D eigenvalue weighted by Gasteiger charge is -2.15. The quantitative estimate of drug-likeness (QED) is 0.872. The molecule has 1 heterocycles. The van der Waals surface area contributed by atoms with Gasteiger partial charge in [0.2, 0.25) is 0 Å². The Balaban J connectivity index is 2.01. The van der Waals surface area contributed by atoms with E-state index in [1.54, 1.807) is 0 Å². The summed E-state index contributed by atoms with van der Waals surface area (Å²) in [7, 11) is 0. The molecule has 0 aliphatic heterocycles. The smallest absolute Gasteiger partial charge is 0.255 e. The van der Waals surface area contributed by atoms with Gasteiger partial charge in [-0.3, -0.25) is 4.79 Å². The zero-order chi connectivity index (χ0) is 16.4. The molecule has 3 rings (SSSR count). The van der Waals surface area contributed by atoms with E-state index >= 15 is 0 Å². The summed E-state index contributed by atoms with van der Waals surface area (Å²) in [5.41, 5.74) is 4.54. The van der Waals surface area contributed by atoms with Crippen LogP contribution in [0.25, 0.3) is 11.3 Å². The molecule has 0 saturated heterocycles. The summed E-state index contributed by atoms with van der Waals surface area (Å²) in [5, 5.41) is 3.26. The van der Waals surface area contributed by atoms with Crippen molar-refractivity contribution in [3.8, 4) is 11.3 Å². The molecule has 0 atom stereocenters. The van der Waals surface area contributed by atoms with Gasteiger partial charge in [-0.1, -0.05) is 51.1 Å². The second kappa shape index (κ2) is 6.71. The number of hydrogen-bond donors (Lipinski definition) is 1. The van der Waals surface area contributed by atoms with Crippen LogP contribution in [0.4, 0.5) is 0 Å². The summed E-state index contributed by atoms with van der Waals surface area (Å²) in [6.45, 7) is 7.98. The number of benzene rings is 1. The second-order valence-corrected chi connectivity index (χ2v) is 6.71. The number of rotatable bonds is 6. The van der Waals surface area contributed by atoms with Crippen LogP contribution in [0, 0.1) is 0 Å². The Morgan fingerprint density at radius 1 is 1.13 bits per heavy atom. The summed E-state index contributed by atoms with van der Waals surface area (Å²) < 4.78 is 2.01. The number of nitrogens with one attached hydrogen (secondary N) is 1. The molecule has 1 N–H and O–H groups in total. The molecule has 1 fully saturated rings. The van der Waals surface area contributed by atoms with E-state index < -0.39 is 0 Å². The SMILES string of the molecule is CCNCc1ccc(-c2ccc(C(C)C)cc2)n(C2CC2)c1=O. The van der Waals surface area contributed by atoms with Crippen LogP contribution >= 0.6 is 0 Å². The maximum Gasteiger partial charge on any atom is 0.255 e. The van der Waals surface area contributed by atoms with Crippen molar-refractivity contribution >= 4 is 0 Å². The van der Waals surface area contributed by atoms with Gasteiger partial charge in [-0.05, 0) is 42.5 Å². The van der Waals surface area contributed by atoms with Crippen molar-refractivity contribution in [2.24, 2.45) is 0 Å². The molecule has 23 heavy (non-hydrogen) atoms. The molecule has 0 amide bonds. The van der Waals surface area contributed by atoms with E-state index in [9.17, 15) is 4.79 Å². The van der Waals surface area contributed by atoms with Crippen molar-refractivity contribution in [3.05, 3.63) is 57.9 Å². The van der Waals surface area contributed by atoms with Crippen molar-refractivity contribution in [3.63, 3.8) is 0 Å². The van der Waals surface area contributed by atoms with Crippen LogP contribution in [-0.4, -0.2) is 11.1 Å². The first-order valence-electron chi connectivity index (χ1n) is 8.67. The maximum absolute atomic E-state index is 12.8. The van der Waals surface area contributed by atoms with Crippen molar-refractivity contribution in [1.82, 2.24) is 9.88 Å². The topological polar surface area (TPSA) is 34.0 Å². The minimum atomic E-state index is 0.166. The zero-order valence-electron chi connectivity index (χ0n) is 14.3. The van der Waals surface area contributed by atoms with Gasteiger partial charge in [0.05, 0.1) is 5.69 Å². The molecular formula is C20H26N2O. The Hall–Kier alpha value is -1.87. The highest BCUT2D eigenvalue weighted by Crippen LogP contribution is 2.37. The number of aromatic nitrogens is 1. The summed E-state index contributed by atoms with van der Waals surface area (Å²) in [5.74, 6) is 0.525. The largest absolute Gasteiger partial charge is 0.313 e. The third-order valence-corrected chi connectivity index (χ3v) is 4.55. The molecule has 1 aliphatic carbocycles. The molecule has 0 spiro atoms. The van der Waals surface area contributed by atoms with E-state index in [0.29, 0.717) is 18.5 Å². The molecular weight excluding hydrogens is 284 g/mol. The summed E-state index contributed by atoms with van der Waals surface area (Å²) in [4.78, 5) is 12.8. The predicted molar refractivity (Wildman–Crippen MR) is 95.9 cm³/mol. The van der Waals surface area contributed by atoms with Gasteiger partial charge in [0.15, 0.2) is 0 Å². The number of hydrogen-bond acceptors (Lipinski definition) is 2. The van der Waals surface area contributed by atoms with E-state index in [1.165, 1.54) is 5.56 Å². The van der Waals surface area contributed by atoms with Crippen LogP contribution in [0.2, 0.25) is 0 Å². The lowest BCUT2D eigenvalue weighted by molar-refractivity contribution is 0.673. The lowest BCUT2D eigenvalue weighted by Crippen LogP contribution is -2.27. The highest BCUT2D eigenvalue weighted by atomic mass is 16.1. The van der Waals surface area contributed by atoms with Crippen molar-refractivity contribution in [1.29, 1.82) is 0 Å². The molecule has 1 aromatic heterocycles. The molecule has 1 aromatic carbocycles. The normalized spacial score (nSPS) is 14.4. The molecule has 0 unspecified atom stereocenters. The number of nitrogens with zero attached hydrogens (tertiary/aromatic N) is 1. The minimum absolute atomic E-state index is 0.166. The molecule has 3 nitrogen and oxygen atoms in total. The minimum Gasteiger partial charge on any atom is -0.313 e. The molecule has 0 radical (unpaired) electrons. The molecule has 0 bridgehead atoms. The van der Waals surface area contributed by atoms with Gasteiger partial charge < -0.3 is 9.88 Å². The summed E-state index contributed by atoms with van der Waals surface area (Å²) in [6, 6.07) is 13.1. The van der Waals surface area contributed by atoms with E-state index in [4.69, 9.17) is 0 Å². The fourth-order valence-electron chi connectivity index (χ4n) is 2.96. The lowest BCUT2D eigenvalue weighted by atomic mass is 10.0. The zero-order valence-corrected chi connectivity index (χ0v) is 14.3. The average molecular weight is 310 g/mol. The van der Waals surface area contributed by atoms with Gasteiger partial charge >= 0.3 is 0 Å². The highest BCUT2D eigenvalue weighted by Gasteiger charge is 2.27. The van der Waals surface area contributed by atoms with Crippen LogP contribution in [0.5, 0.6) is 0 Å². The van der Waals surface area contributed by atoms with E-state index in [2.05, 4.69) is 56.4 Å². The summed E-state index contributed by atoms with van der Waals surface area (Å²) in [6.07, 6.45) is 2.23. The summed E-state index contributed by atoms with van der Waals surface area (Å²) >= 11 is 0. The van der Waals surface area contributed by atoms with Gasteiger partial charge in [-0.2, -0.15) is 0 Å². The van der Waals surface area contributed by atoms with Crippen molar-refractivity contribution in [2.45, 2.75) is 52.1 Å². The third-order valence-electron chi connectivity index (χ3n) is 4.55. The molecule has 2 aromatic rings. The number of pyridine rings is 1. The van der Waals surface area contributed by atoms with Crippen LogP contribution < -0.4 is 10.9 Å². The Bertz CT molecular complexity index is 724. The Labute approximate surface area is 138 Å². The first-order valence-corrected chi connectivity index (χ1v) is 8.67. The fraction of sp³-hybridized carbons (Fsp3) is 0.450. The molecule has 3 heteroatoms. The van der Waals surface area contributed by atoms with E-state index in [0.717, 1.165) is 36.2 Å². The highest BCUT2D eigenvalue weighted by molar-refractivity contribution is 5.61. The first kappa shape index (κ1) is 16.0. The molecule has 122 valence electrons. The standard InChI is InChI=1S/C20H26N2O/c1-4-21-13-17-9-12-19(22(20(17)23)18-10-11-18)16-7-5-15(6-8-16)14(2)3/h5-9,12,14,18,21H,4,10-11,13H2,1-3H3. The monoisotopic (exact) mass is 310 g/mol. The van der Waals surface area contributed by atoms with Gasteiger partial charge in [0.1, 0.15) is 0 Å². The third kappa shape index (κ3) is 3.40. The van der Waals surface area contributed by atoms with Crippen molar-refractivity contribution in [2.75, 3.05) is 6.54 Å².